The molecule has 0 saturated heterocycles. The van der Waals surface area contributed by atoms with E-state index in [0.717, 1.165) is 0 Å². The Morgan fingerprint density at radius 3 is 2.93 bits per heavy atom. The molecule has 0 atom stereocenters. The van der Waals surface area contributed by atoms with E-state index in [1.165, 1.54) is 0 Å². The summed E-state index contributed by atoms with van der Waals surface area (Å²) in [7, 11) is 0. The van der Waals surface area contributed by atoms with Gasteiger partial charge in [0.1, 0.15) is 0 Å². The van der Waals surface area contributed by atoms with E-state index in [1.807, 2.05) is 0 Å². The second kappa shape index (κ2) is 3.83. The van der Waals surface area contributed by atoms with Crippen LogP contribution in [0.3, 0.4) is 0 Å². The molecule has 2 rings (SSSR count). The topological polar surface area (TPSA) is 47.8 Å². The van der Waals surface area contributed by atoms with Gasteiger partial charge in [-0.25, -0.2) is 4.98 Å². The van der Waals surface area contributed by atoms with Crippen LogP contribution in [0.25, 0.3) is 0 Å². The van der Waals surface area contributed by atoms with Gasteiger partial charge in [0.25, 0.3) is 0 Å². The third-order valence-electron chi connectivity index (χ3n) is 1.87. The zero-order valence-electron chi connectivity index (χ0n) is 7.50. The first-order chi connectivity index (χ1) is 6.86. The van der Waals surface area contributed by atoms with Crippen molar-refractivity contribution >= 4 is 5.78 Å². The summed E-state index contributed by atoms with van der Waals surface area (Å²) in [6.07, 6.45) is 8.24. The maximum Gasteiger partial charge on any atom is 0.184 e. The molecule has 0 radical (unpaired) electrons. The molecule has 4 nitrogen and oxygen atoms in total. The number of hydrogen-bond acceptors (Lipinski definition) is 3. The van der Waals surface area contributed by atoms with Crippen LogP contribution in [0, 0.1) is 0 Å². The highest BCUT2D eigenvalue weighted by atomic mass is 16.1. The quantitative estimate of drug-likeness (QED) is 0.677. The smallest absolute Gasteiger partial charge is 0.184 e. The highest BCUT2D eigenvalue weighted by Crippen LogP contribution is 1.99. The molecule has 0 aliphatic rings. The van der Waals surface area contributed by atoms with Crippen molar-refractivity contribution in [3.8, 4) is 0 Å². The van der Waals surface area contributed by atoms with Crippen molar-refractivity contribution < 1.29 is 4.79 Å². The monoisotopic (exact) mass is 187 g/mol. The number of hydrogen-bond donors (Lipinski definition) is 0. The minimum Gasteiger partial charge on any atom is -0.330 e. The summed E-state index contributed by atoms with van der Waals surface area (Å²) in [5.41, 5.74) is 0.626. The molecule has 0 N–H and O–H groups in total. The van der Waals surface area contributed by atoms with Gasteiger partial charge in [0.05, 0.1) is 12.9 Å². The van der Waals surface area contributed by atoms with Crippen LogP contribution in [0.5, 0.6) is 0 Å². The van der Waals surface area contributed by atoms with Gasteiger partial charge in [-0.1, -0.05) is 0 Å². The summed E-state index contributed by atoms with van der Waals surface area (Å²) >= 11 is 0. The van der Waals surface area contributed by atoms with Crippen LogP contribution in [0.4, 0.5) is 0 Å². The number of carbonyl (C=O) groups excluding carboxylic acids is 1. The van der Waals surface area contributed by atoms with Gasteiger partial charge >= 0.3 is 0 Å². The van der Waals surface area contributed by atoms with E-state index >= 15 is 0 Å². The number of rotatable bonds is 3. The Bertz CT molecular complexity index is 408. The van der Waals surface area contributed by atoms with E-state index < -0.39 is 0 Å². The first kappa shape index (κ1) is 8.62. The van der Waals surface area contributed by atoms with Gasteiger partial charge in [0.15, 0.2) is 5.78 Å². The minimum atomic E-state index is 0.0381. The van der Waals surface area contributed by atoms with E-state index in [9.17, 15) is 4.79 Å². The molecule has 0 aliphatic carbocycles. The van der Waals surface area contributed by atoms with Gasteiger partial charge in [0, 0.05) is 30.4 Å². The van der Waals surface area contributed by atoms with E-state index in [2.05, 4.69) is 9.97 Å². The molecule has 0 fully saturated rings. The molecule has 0 unspecified atom stereocenters. The Morgan fingerprint density at radius 2 is 2.29 bits per heavy atom. The number of ketones is 1. The van der Waals surface area contributed by atoms with Gasteiger partial charge in [-0.3, -0.25) is 9.78 Å². The molecule has 0 amide bonds. The molecule has 0 saturated carbocycles. The fourth-order valence-electron chi connectivity index (χ4n) is 1.17. The first-order valence-electron chi connectivity index (χ1n) is 4.25. The van der Waals surface area contributed by atoms with Gasteiger partial charge < -0.3 is 4.57 Å². The molecule has 2 aromatic heterocycles. The lowest BCUT2D eigenvalue weighted by Crippen LogP contribution is -2.08. The Balaban J connectivity index is 2.11. The van der Waals surface area contributed by atoms with Gasteiger partial charge in [-0.2, -0.15) is 0 Å². The molecule has 0 bridgehead atoms. The predicted molar refractivity (Wildman–Crippen MR) is 50.8 cm³/mol. The van der Waals surface area contributed by atoms with Gasteiger partial charge in [0.2, 0.25) is 0 Å². The summed E-state index contributed by atoms with van der Waals surface area (Å²) in [6, 6.07) is 3.51. The van der Waals surface area contributed by atoms with Crippen molar-refractivity contribution in [2.45, 2.75) is 6.54 Å². The van der Waals surface area contributed by atoms with E-state index in [4.69, 9.17) is 0 Å². The highest BCUT2D eigenvalue weighted by Gasteiger charge is 2.05. The summed E-state index contributed by atoms with van der Waals surface area (Å²) in [4.78, 5) is 19.4. The molecule has 0 aliphatic heterocycles. The Labute approximate surface area is 81.2 Å². The fraction of sp³-hybridized carbons (Fsp3) is 0.100. The maximum absolute atomic E-state index is 11.6. The zero-order valence-corrected chi connectivity index (χ0v) is 7.50. The number of pyridine rings is 1. The average Bonchev–Trinajstić information content (AvgIpc) is 2.72. The number of carbonyl (C=O) groups is 1. The molecular weight excluding hydrogens is 178 g/mol. The third kappa shape index (κ3) is 1.85. The Morgan fingerprint density at radius 1 is 1.36 bits per heavy atom. The van der Waals surface area contributed by atoms with Crippen molar-refractivity contribution in [1.29, 1.82) is 0 Å². The number of nitrogens with zero attached hydrogens (tertiary/aromatic N) is 3. The van der Waals surface area contributed by atoms with Crippen molar-refractivity contribution in [2.75, 3.05) is 0 Å². The van der Waals surface area contributed by atoms with Crippen LogP contribution in [0.15, 0.2) is 43.2 Å². The minimum absolute atomic E-state index is 0.0381. The van der Waals surface area contributed by atoms with E-state index in [-0.39, 0.29) is 5.78 Å². The van der Waals surface area contributed by atoms with Crippen molar-refractivity contribution in [3.63, 3.8) is 0 Å². The number of aromatic nitrogens is 3. The second-order valence-corrected chi connectivity index (χ2v) is 2.90. The van der Waals surface area contributed by atoms with E-state index in [1.54, 1.807) is 47.8 Å². The van der Waals surface area contributed by atoms with Crippen LogP contribution in [-0.2, 0) is 6.54 Å². The van der Waals surface area contributed by atoms with Crippen LogP contribution >= 0.6 is 0 Å². The lowest BCUT2D eigenvalue weighted by atomic mass is 10.2. The van der Waals surface area contributed by atoms with Crippen LogP contribution < -0.4 is 0 Å². The molecule has 4 heteroatoms. The predicted octanol–water partition coefficient (Wildman–Crippen LogP) is 1.16. The van der Waals surface area contributed by atoms with Crippen LogP contribution in [0.2, 0.25) is 0 Å². The Hall–Kier alpha value is -1.97. The molecule has 14 heavy (non-hydrogen) atoms. The largest absolute Gasteiger partial charge is 0.330 e. The lowest BCUT2D eigenvalue weighted by molar-refractivity contribution is 0.0972. The summed E-state index contributed by atoms with van der Waals surface area (Å²) in [5, 5.41) is 0. The van der Waals surface area contributed by atoms with Crippen LogP contribution in [0.1, 0.15) is 10.4 Å². The molecule has 2 aromatic rings. The van der Waals surface area contributed by atoms with E-state index in [0.29, 0.717) is 12.1 Å². The number of imidazole rings is 1. The SMILES string of the molecule is O=C(Cn1ccnc1)c1cccnc1. The summed E-state index contributed by atoms with van der Waals surface area (Å²) < 4.78 is 1.73. The molecule has 70 valence electrons. The molecule has 2 heterocycles. The fourth-order valence-corrected chi connectivity index (χ4v) is 1.17. The van der Waals surface area contributed by atoms with Crippen molar-refractivity contribution in [3.05, 3.63) is 48.8 Å². The lowest BCUT2D eigenvalue weighted by Gasteiger charge is -2.00. The maximum atomic E-state index is 11.6. The molecule has 0 aromatic carbocycles. The second-order valence-electron chi connectivity index (χ2n) is 2.90. The zero-order chi connectivity index (χ0) is 9.80. The molecular formula is C10H9N3O. The van der Waals surface area contributed by atoms with Crippen LogP contribution in [-0.4, -0.2) is 20.3 Å². The van der Waals surface area contributed by atoms with Crippen molar-refractivity contribution in [1.82, 2.24) is 14.5 Å². The number of Topliss-reactive ketones (excluding diaryl/α,β-unsaturated/α-hetero) is 1. The highest BCUT2D eigenvalue weighted by molar-refractivity contribution is 5.95. The van der Waals surface area contributed by atoms with Gasteiger partial charge in [-0.05, 0) is 12.1 Å². The normalized spacial score (nSPS) is 10.0. The average molecular weight is 187 g/mol. The third-order valence-corrected chi connectivity index (χ3v) is 1.87. The summed E-state index contributed by atoms with van der Waals surface area (Å²) in [5.74, 6) is 0.0381. The standard InChI is InChI=1S/C10H9N3O/c14-10(7-13-5-4-12-8-13)9-2-1-3-11-6-9/h1-6,8H,7H2. The van der Waals surface area contributed by atoms with Gasteiger partial charge in [-0.15, -0.1) is 0 Å². The molecule has 0 spiro atoms. The Kier molecular flexibility index (Phi) is 2.36. The first-order valence-corrected chi connectivity index (χ1v) is 4.25. The summed E-state index contributed by atoms with van der Waals surface area (Å²) in [6.45, 7) is 0.311. The van der Waals surface area contributed by atoms with Crippen molar-refractivity contribution in [2.24, 2.45) is 0 Å².